The Balaban J connectivity index is 1.70. The van der Waals surface area contributed by atoms with Crippen LogP contribution in [0.25, 0.3) is 0 Å². The van der Waals surface area contributed by atoms with Crippen LogP contribution in [0, 0.1) is 17.2 Å². The molecule has 148 valence electrons. The van der Waals surface area contributed by atoms with E-state index in [-0.39, 0.29) is 5.41 Å². The first-order chi connectivity index (χ1) is 13.5. The highest BCUT2D eigenvalue weighted by atomic mass is 35.5. The van der Waals surface area contributed by atoms with E-state index in [1.807, 2.05) is 12.1 Å². The molecule has 1 fully saturated rings. The SMILES string of the molecule is CC(C)N(CCCC(C#N)(c1ccc(Cl)cc1)C1CCC1)Cc1ccccc1. The Labute approximate surface area is 175 Å². The molecule has 3 rings (SSSR count). The van der Waals surface area contributed by atoms with E-state index in [0.29, 0.717) is 12.0 Å². The van der Waals surface area contributed by atoms with Crippen molar-refractivity contribution in [2.24, 2.45) is 5.92 Å². The summed E-state index contributed by atoms with van der Waals surface area (Å²) in [5.41, 5.74) is 2.11. The normalized spacial score (nSPS) is 16.6. The zero-order chi connectivity index (χ0) is 20.0. The highest BCUT2D eigenvalue weighted by Crippen LogP contribution is 2.47. The molecule has 0 heterocycles. The second-order valence-corrected chi connectivity index (χ2v) is 8.81. The van der Waals surface area contributed by atoms with Crippen LogP contribution in [0.1, 0.15) is 57.1 Å². The molecular formula is C25H31ClN2. The van der Waals surface area contributed by atoms with Gasteiger partial charge in [0.2, 0.25) is 0 Å². The van der Waals surface area contributed by atoms with E-state index >= 15 is 0 Å². The van der Waals surface area contributed by atoms with Crippen LogP contribution in [-0.2, 0) is 12.0 Å². The molecular weight excluding hydrogens is 364 g/mol. The number of nitrogens with zero attached hydrogens (tertiary/aromatic N) is 2. The van der Waals surface area contributed by atoms with Gasteiger partial charge in [0.1, 0.15) is 0 Å². The zero-order valence-electron chi connectivity index (χ0n) is 17.1. The van der Waals surface area contributed by atoms with Gasteiger partial charge in [-0.1, -0.05) is 60.5 Å². The van der Waals surface area contributed by atoms with E-state index in [1.54, 1.807) is 0 Å². The van der Waals surface area contributed by atoms with E-state index < -0.39 is 0 Å². The summed E-state index contributed by atoms with van der Waals surface area (Å²) in [5.74, 6) is 0.472. The average molecular weight is 395 g/mol. The Morgan fingerprint density at radius 3 is 2.32 bits per heavy atom. The third kappa shape index (κ3) is 4.77. The van der Waals surface area contributed by atoms with E-state index in [9.17, 15) is 5.26 Å². The highest BCUT2D eigenvalue weighted by molar-refractivity contribution is 6.30. The summed E-state index contributed by atoms with van der Waals surface area (Å²) in [4.78, 5) is 2.51. The summed E-state index contributed by atoms with van der Waals surface area (Å²) < 4.78 is 0. The predicted octanol–water partition coefficient (Wildman–Crippen LogP) is 6.59. The molecule has 0 spiro atoms. The molecule has 0 amide bonds. The molecule has 1 aliphatic carbocycles. The molecule has 0 saturated heterocycles. The quantitative estimate of drug-likeness (QED) is 0.479. The largest absolute Gasteiger partial charge is 0.297 e. The monoisotopic (exact) mass is 394 g/mol. The lowest BCUT2D eigenvalue weighted by Crippen LogP contribution is -2.39. The van der Waals surface area contributed by atoms with Crippen molar-refractivity contribution in [1.29, 1.82) is 5.26 Å². The summed E-state index contributed by atoms with van der Waals surface area (Å²) >= 11 is 6.10. The topological polar surface area (TPSA) is 27.0 Å². The minimum atomic E-state index is -0.377. The maximum atomic E-state index is 10.2. The van der Waals surface area contributed by atoms with Gasteiger partial charge in [0, 0.05) is 17.6 Å². The first-order valence-corrected chi connectivity index (χ1v) is 10.9. The highest BCUT2D eigenvalue weighted by Gasteiger charge is 2.43. The third-order valence-electron chi connectivity index (χ3n) is 6.34. The van der Waals surface area contributed by atoms with Crippen molar-refractivity contribution in [3.8, 4) is 6.07 Å². The van der Waals surface area contributed by atoms with Gasteiger partial charge in [-0.3, -0.25) is 4.90 Å². The molecule has 0 aliphatic heterocycles. The van der Waals surface area contributed by atoms with Gasteiger partial charge in [0.25, 0.3) is 0 Å². The molecule has 28 heavy (non-hydrogen) atoms. The van der Waals surface area contributed by atoms with Gasteiger partial charge in [-0.05, 0) is 75.3 Å². The molecule has 1 aliphatic rings. The standard InChI is InChI=1S/C25H31ClN2/c1-20(2)28(18-21-8-4-3-5-9-21)17-7-16-25(19-27,22-10-6-11-22)23-12-14-24(26)15-13-23/h3-5,8-9,12-15,20,22H,6-7,10-11,16-18H2,1-2H3. The lowest BCUT2D eigenvalue weighted by atomic mass is 9.61. The van der Waals surface area contributed by atoms with Crippen molar-refractivity contribution in [3.63, 3.8) is 0 Å². The number of nitriles is 1. The molecule has 1 saturated carbocycles. The second-order valence-electron chi connectivity index (χ2n) is 8.37. The summed E-state index contributed by atoms with van der Waals surface area (Å²) in [5, 5.41) is 11.0. The van der Waals surface area contributed by atoms with Crippen molar-refractivity contribution in [1.82, 2.24) is 4.90 Å². The average Bonchev–Trinajstić information content (AvgIpc) is 2.66. The summed E-state index contributed by atoms with van der Waals surface area (Å²) in [7, 11) is 0. The van der Waals surface area contributed by atoms with Crippen molar-refractivity contribution >= 4 is 11.6 Å². The fourth-order valence-electron chi connectivity index (χ4n) is 4.34. The van der Waals surface area contributed by atoms with Crippen LogP contribution >= 0.6 is 11.6 Å². The Hall–Kier alpha value is -1.82. The maximum absolute atomic E-state index is 10.2. The lowest BCUT2D eigenvalue weighted by Gasteiger charge is -2.41. The Morgan fingerprint density at radius 1 is 1.11 bits per heavy atom. The smallest absolute Gasteiger partial charge is 0.0850 e. The minimum absolute atomic E-state index is 0.377. The van der Waals surface area contributed by atoms with Crippen molar-refractivity contribution < 1.29 is 0 Å². The number of benzene rings is 2. The number of rotatable bonds is 9. The molecule has 3 heteroatoms. The van der Waals surface area contributed by atoms with E-state index in [2.05, 4.69) is 67.3 Å². The van der Waals surface area contributed by atoms with Crippen LogP contribution < -0.4 is 0 Å². The Bertz CT molecular complexity index is 774. The van der Waals surface area contributed by atoms with Crippen LogP contribution in [0.15, 0.2) is 54.6 Å². The fraction of sp³-hybridized carbons (Fsp3) is 0.480. The van der Waals surface area contributed by atoms with Crippen LogP contribution in [0.2, 0.25) is 5.02 Å². The minimum Gasteiger partial charge on any atom is -0.297 e. The number of hydrogen-bond donors (Lipinski definition) is 0. The molecule has 2 aromatic carbocycles. The molecule has 2 aromatic rings. The first-order valence-electron chi connectivity index (χ1n) is 10.5. The molecule has 2 nitrogen and oxygen atoms in total. The van der Waals surface area contributed by atoms with Crippen molar-refractivity contribution in [2.75, 3.05) is 6.54 Å². The van der Waals surface area contributed by atoms with Crippen LogP contribution in [0.4, 0.5) is 0 Å². The van der Waals surface area contributed by atoms with Gasteiger partial charge in [0.05, 0.1) is 11.5 Å². The predicted molar refractivity (Wildman–Crippen MR) is 117 cm³/mol. The molecule has 1 unspecified atom stereocenters. The number of halogens is 1. The summed E-state index contributed by atoms with van der Waals surface area (Å²) in [6.45, 7) is 6.48. The zero-order valence-corrected chi connectivity index (χ0v) is 17.8. The summed E-state index contributed by atoms with van der Waals surface area (Å²) in [6.07, 6.45) is 5.50. The lowest BCUT2D eigenvalue weighted by molar-refractivity contribution is 0.170. The molecule has 0 radical (unpaired) electrons. The number of hydrogen-bond acceptors (Lipinski definition) is 2. The summed E-state index contributed by atoms with van der Waals surface area (Å²) in [6, 6.07) is 21.9. The van der Waals surface area contributed by atoms with Crippen LogP contribution in [-0.4, -0.2) is 17.5 Å². The fourth-order valence-corrected chi connectivity index (χ4v) is 4.47. The van der Waals surface area contributed by atoms with Gasteiger partial charge in [-0.2, -0.15) is 5.26 Å². The Kier molecular flexibility index (Phi) is 7.16. The van der Waals surface area contributed by atoms with E-state index in [0.717, 1.165) is 49.4 Å². The molecule has 0 N–H and O–H groups in total. The van der Waals surface area contributed by atoms with Gasteiger partial charge in [-0.25, -0.2) is 0 Å². The van der Waals surface area contributed by atoms with Crippen LogP contribution in [0.3, 0.4) is 0 Å². The second kappa shape index (κ2) is 9.59. The Morgan fingerprint density at radius 2 is 1.79 bits per heavy atom. The molecule has 0 aromatic heterocycles. The van der Waals surface area contributed by atoms with E-state index in [1.165, 1.54) is 12.0 Å². The molecule has 1 atom stereocenters. The molecule has 0 bridgehead atoms. The van der Waals surface area contributed by atoms with Gasteiger partial charge >= 0.3 is 0 Å². The van der Waals surface area contributed by atoms with E-state index in [4.69, 9.17) is 11.6 Å². The van der Waals surface area contributed by atoms with Crippen LogP contribution in [0.5, 0.6) is 0 Å². The van der Waals surface area contributed by atoms with Crippen molar-refractivity contribution in [3.05, 3.63) is 70.7 Å². The van der Waals surface area contributed by atoms with Gasteiger partial charge < -0.3 is 0 Å². The van der Waals surface area contributed by atoms with Gasteiger partial charge in [0.15, 0.2) is 0 Å². The van der Waals surface area contributed by atoms with Crippen molar-refractivity contribution in [2.45, 2.75) is 64.0 Å². The van der Waals surface area contributed by atoms with Gasteiger partial charge in [-0.15, -0.1) is 0 Å². The maximum Gasteiger partial charge on any atom is 0.0850 e. The first kappa shape index (κ1) is 20.9. The third-order valence-corrected chi connectivity index (χ3v) is 6.59.